The maximum atomic E-state index is 11.4. The van der Waals surface area contributed by atoms with Crippen molar-refractivity contribution in [2.45, 2.75) is 60.4 Å². The Bertz CT molecular complexity index is 185. The number of rotatable bonds is 6. The van der Waals surface area contributed by atoms with E-state index in [-0.39, 0.29) is 18.0 Å². The van der Waals surface area contributed by atoms with Crippen LogP contribution in [0.3, 0.4) is 0 Å². The Balaban J connectivity index is 4.10. The van der Waals surface area contributed by atoms with Gasteiger partial charge in [0.25, 0.3) is 0 Å². The molecule has 0 rings (SSSR count). The Hall–Kier alpha value is -0.570. The number of ether oxygens (including phenoxy) is 2. The third-order valence-electron chi connectivity index (χ3n) is 1.77. The third kappa shape index (κ3) is 7.37. The van der Waals surface area contributed by atoms with Crippen LogP contribution in [0, 0.1) is 11.8 Å². The second-order valence-electron chi connectivity index (χ2n) is 4.89. The molecule has 0 amide bonds. The summed E-state index contributed by atoms with van der Waals surface area (Å²) < 4.78 is 10.8. The molecule has 0 aromatic rings. The van der Waals surface area contributed by atoms with Crippen molar-refractivity contribution in [3.63, 3.8) is 0 Å². The molecule has 0 bridgehead atoms. The summed E-state index contributed by atoms with van der Waals surface area (Å²) in [7, 11) is 0. The Morgan fingerprint density at radius 2 is 1.60 bits per heavy atom. The highest BCUT2D eigenvalue weighted by molar-refractivity contribution is 5.69. The largest absolute Gasteiger partial charge is 0.435 e. The number of carbonyl (C=O) groups is 1. The van der Waals surface area contributed by atoms with E-state index in [1.165, 1.54) is 0 Å². The third-order valence-corrected chi connectivity index (χ3v) is 1.77. The topological polar surface area (TPSA) is 35.5 Å². The maximum absolute atomic E-state index is 11.4. The Morgan fingerprint density at radius 3 is 1.93 bits per heavy atom. The Kier molecular flexibility index (Phi) is 6.57. The van der Waals surface area contributed by atoms with Crippen LogP contribution in [-0.4, -0.2) is 18.4 Å². The van der Waals surface area contributed by atoms with E-state index in [4.69, 9.17) is 9.47 Å². The minimum Gasteiger partial charge on any atom is -0.435 e. The SMILES string of the molecule is CC(C)CC(=O)OC(OC(C)C)C(C)C. The quantitative estimate of drug-likeness (QED) is 0.506. The van der Waals surface area contributed by atoms with E-state index in [1.807, 2.05) is 41.5 Å². The first-order valence-corrected chi connectivity index (χ1v) is 5.67. The fourth-order valence-electron chi connectivity index (χ4n) is 1.10. The van der Waals surface area contributed by atoms with Gasteiger partial charge in [-0.25, -0.2) is 0 Å². The molecule has 0 aliphatic carbocycles. The zero-order valence-electron chi connectivity index (χ0n) is 10.7. The minimum atomic E-state index is -0.420. The van der Waals surface area contributed by atoms with Gasteiger partial charge in [0, 0.05) is 12.3 Å². The fraction of sp³-hybridized carbons (Fsp3) is 0.917. The minimum absolute atomic E-state index is 0.0734. The lowest BCUT2D eigenvalue weighted by atomic mass is 10.1. The number of hydrogen-bond acceptors (Lipinski definition) is 3. The highest BCUT2D eigenvalue weighted by Crippen LogP contribution is 2.13. The molecule has 0 aromatic heterocycles. The monoisotopic (exact) mass is 216 g/mol. The molecule has 0 aliphatic heterocycles. The van der Waals surface area contributed by atoms with Gasteiger partial charge in [0.2, 0.25) is 6.29 Å². The molecular formula is C12H24O3. The molecule has 15 heavy (non-hydrogen) atoms. The lowest BCUT2D eigenvalue weighted by molar-refractivity contribution is -0.198. The molecule has 0 aliphatic rings. The van der Waals surface area contributed by atoms with Gasteiger partial charge in [-0.15, -0.1) is 0 Å². The summed E-state index contributed by atoms with van der Waals surface area (Å²) >= 11 is 0. The molecule has 0 heterocycles. The molecule has 3 heteroatoms. The number of esters is 1. The molecule has 0 aromatic carbocycles. The first-order chi connectivity index (χ1) is 6.82. The second-order valence-corrected chi connectivity index (χ2v) is 4.89. The van der Waals surface area contributed by atoms with Gasteiger partial charge in [0.1, 0.15) is 0 Å². The molecule has 1 unspecified atom stereocenters. The maximum Gasteiger partial charge on any atom is 0.308 e. The molecule has 3 nitrogen and oxygen atoms in total. The average molecular weight is 216 g/mol. The van der Waals surface area contributed by atoms with Gasteiger partial charge in [-0.2, -0.15) is 0 Å². The van der Waals surface area contributed by atoms with Crippen LogP contribution in [0.1, 0.15) is 48.0 Å². The summed E-state index contributed by atoms with van der Waals surface area (Å²) in [5, 5.41) is 0. The average Bonchev–Trinajstić information content (AvgIpc) is 1.99. The van der Waals surface area contributed by atoms with Crippen LogP contribution < -0.4 is 0 Å². The van der Waals surface area contributed by atoms with Crippen molar-refractivity contribution >= 4 is 5.97 Å². The van der Waals surface area contributed by atoms with Crippen LogP contribution >= 0.6 is 0 Å². The van der Waals surface area contributed by atoms with Gasteiger partial charge in [-0.1, -0.05) is 27.7 Å². The zero-order chi connectivity index (χ0) is 12.0. The summed E-state index contributed by atoms with van der Waals surface area (Å²) in [6, 6.07) is 0. The summed E-state index contributed by atoms with van der Waals surface area (Å²) in [5.74, 6) is 0.331. The second kappa shape index (κ2) is 6.83. The van der Waals surface area contributed by atoms with E-state index in [9.17, 15) is 4.79 Å². The molecule has 90 valence electrons. The Morgan fingerprint density at radius 1 is 1.07 bits per heavy atom. The molecule has 0 fully saturated rings. The highest BCUT2D eigenvalue weighted by atomic mass is 16.7. The van der Waals surface area contributed by atoms with Crippen molar-refractivity contribution in [1.29, 1.82) is 0 Å². The highest BCUT2D eigenvalue weighted by Gasteiger charge is 2.20. The molecule has 0 N–H and O–H groups in total. The summed E-state index contributed by atoms with van der Waals surface area (Å²) in [5.41, 5.74) is 0. The van der Waals surface area contributed by atoms with Crippen LogP contribution in [-0.2, 0) is 14.3 Å². The van der Waals surface area contributed by atoms with Crippen LogP contribution in [0.5, 0.6) is 0 Å². The molecule has 0 spiro atoms. The molecule has 0 saturated heterocycles. The smallest absolute Gasteiger partial charge is 0.308 e. The zero-order valence-corrected chi connectivity index (χ0v) is 10.7. The molecule has 0 radical (unpaired) electrons. The van der Waals surface area contributed by atoms with E-state index >= 15 is 0 Å². The van der Waals surface area contributed by atoms with E-state index in [0.29, 0.717) is 12.3 Å². The van der Waals surface area contributed by atoms with E-state index in [2.05, 4.69) is 0 Å². The van der Waals surface area contributed by atoms with E-state index in [0.717, 1.165) is 0 Å². The van der Waals surface area contributed by atoms with E-state index < -0.39 is 6.29 Å². The van der Waals surface area contributed by atoms with Crippen molar-refractivity contribution in [1.82, 2.24) is 0 Å². The van der Waals surface area contributed by atoms with Crippen LogP contribution in [0.15, 0.2) is 0 Å². The number of hydrogen-bond donors (Lipinski definition) is 0. The summed E-state index contributed by atoms with van der Waals surface area (Å²) in [6.07, 6.45) is 0.102. The van der Waals surface area contributed by atoms with Crippen molar-refractivity contribution < 1.29 is 14.3 Å². The van der Waals surface area contributed by atoms with Gasteiger partial charge < -0.3 is 9.47 Å². The van der Waals surface area contributed by atoms with E-state index in [1.54, 1.807) is 0 Å². The number of carbonyl (C=O) groups excluding carboxylic acids is 1. The lowest BCUT2D eigenvalue weighted by Gasteiger charge is -2.24. The first kappa shape index (κ1) is 14.4. The molecule has 1 atom stereocenters. The van der Waals surface area contributed by atoms with Crippen LogP contribution in [0.2, 0.25) is 0 Å². The predicted molar refractivity (Wildman–Crippen MR) is 60.4 cm³/mol. The predicted octanol–water partition coefficient (Wildman–Crippen LogP) is 2.98. The summed E-state index contributed by atoms with van der Waals surface area (Å²) in [6.45, 7) is 11.8. The van der Waals surface area contributed by atoms with Gasteiger partial charge >= 0.3 is 5.97 Å². The summed E-state index contributed by atoms with van der Waals surface area (Å²) in [4.78, 5) is 11.4. The van der Waals surface area contributed by atoms with Crippen LogP contribution in [0.25, 0.3) is 0 Å². The van der Waals surface area contributed by atoms with Gasteiger partial charge in [-0.05, 0) is 19.8 Å². The van der Waals surface area contributed by atoms with Crippen molar-refractivity contribution in [2.24, 2.45) is 11.8 Å². The van der Waals surface area contributed by atoms with Crippen molar-refractivity contribution in [3.8, 4) is 0 Å². The van der Waals surface area contributed by atoms with Gasteiger partial charge in [0.15, 0.2) is 0 Å². The van der Waals surface area contributed by atoms with Crippen molar-refractivity contribution in [2.75, 3.05) is 0 Å². The first-order valence-electron chi connectivity index (χ1n) is 5.67. The fourth-order valence-corrected chi connectivity index (χ4v) is 1.10. The van der Waals surface area contributed by atoms with Crippen molar-refractivity contribution in [3.05, 3.63) is 0 Å². The molecule has 0 saturated carbocycles. The van der Waals surface area contributed by atoms with Gasteiger partial charge in [-0.3, -0.25) is 4.79 Å². The lowest BCUT2D eigenvalue weighted by Crippen LogP contribution is -2.29. The molecular weight excluding hydrogens is 192 g/mol. The standard InChI is InChI=1S/C12H24O3/c1-8(2)7-11(13)15-12(9(3)4)14-10(5)6/h8-10,12H,7H2,1-6H3. The normalized spacial score (nSPS) is 13.7. The van der Waals surface area contributed by atoms with Gasteiger partial charge in [0.05, 0.1) is 6.10 Å². The Labute approximate surface area is 93.1 Å². The van der Waals surface area contributed by atoms with Crippen LogP contribution in [0.4, 0.5) is 0 Å².